The molecule has 1 atom stereocenters. The zero-order valence-electron chi connectivity index (χ0n) is 18.4. The molecule has 0 unspecified atom stereocenters. The Morgan fingerprint density at radius 1 is 0.966 bits per heavy atom. The number of hydrogen-bond acceptors (Lipinski definition) is 5. The molecule has 0 aliphatic carbocycles. The maximum absolute atomic E-state index is 10.8. The smallest absolute Gasteiger partial charge is 0.178 e. The maximum Gasteiger partial charge on any atom is 0.178 e. The molecule has 0 aliphatic heterocycles. The van der Waals surface area contributed by atoms with Crippen LogP contribution < -0.4 is 5.32 Å². The van der Waals surface area contributed by atoms with Gasteiger partial charge in [0.05, 0.1) is 11.7 Å². The Kier molecular flexibility index (Phi) is 6.03. The monoisotopic (exact) mass is 393 g/mol. The van der Waals surface area contributed by atoms with Gasteiger partial charge in [-0.1, -0.05) is 45.9 Å². The average molecular weight is 394 g/mol. The molecule has 29 heavy (non-hydrogen) atoms. The molecule has 0 bridgehead atoms. The quantitative estimate of drug-likeness (QED) is 0.643. The van der Waals surface area contributed by atoms with Crippen molar-refractivity contribution in [2.45, 2.75) is 59.4 Å². The summed E-state index contributed by atoms with van der Waals surface area (Å²) in [6, 6.07) is 10.1. The summed E-state index contributed by atoms with van der Waals surface area (Å²) < 4.78 is 1.82. The fourth-order valence-corrected chi connectivity index (χ4v) is 3.87. The van der Waals surface area contributed by atoms with Crippen molar-refractivity contribution < 1.29 is 5.11 Å². The third-order valence-corrected chi connectivity index (χ3v) is 5.46. The predicted molar refractivity (Wildman–Crippen MR) is 116 cm³/mol. The van der Waals surface area contributed by atoms with Gasteiger partial charge in [-0.3, -0.25) is 0 Å². The maximum atomic E-state index is 10.8. The van der Waals surface area contributed by atoms with Crippen molar-refractivity contribution in [2.75, 3.05) is 7.05 Å². The second-order valence-electron chi connectivity index (χ2n) is 8.27. The fourth-order valence-electron chi connectivity index (χ4n) is 3.87. The number of hydrogen-bond donors (Lipinski definition) is 2. The van der Waals surface area contributed by atoms with Crippen LogP contribution in [-0.4, -0.2) is 32.4 Å². The predicted octanol–water partition coefficient (Wildman–Crippen LogP) is 4.54. The lowest BCUT2D eigenvalue weighted by atomic mass is 9.89. The number of phenols is 1. The van der Waals surface area contributed by atoms with Gasteiger partial charge in [0, 0.05) is 0 Å². The van der Waals surface area contributed by atoms with Crippen molar-refractivity contribution in [2.24, 2.45) is 0 Å². The number of benzene rings is 2. The highest BCUT2D eigenvalue weighted by Crippen LogP contribution is 2.37. The van der Waals surface area contributed by atoms with Crippen LogP contribution in [0.15, 0.2) is 30.3 Å². The third-order valence-electron chi connectivity index (χ3n) is 5.46. The van der Waals surface area contributed by atoms with E-state index in [1.807, 2.05) is 17.8 Å². The van der Waals surface area contributed by atoms with Crippen molar-refractivity contribution in [3.8, 4) is 11.4 Å². The second kappa shape index (κ2) is 8.33. The first-order chi connectivity index (χ1) is 13.8. The molecule has 6 nitrogen and oxygen atoms in total. The van der Waals surface area contributed by atoms with Crippen molar-refractivity contribution in [3.63, 3.8) is 0 Å². The average Bonchev–Trinajstić information content (AvgIpc) is 3.11. The number of nitrogens with one attached hydrogen (secondary N) is 1. The number of nitrogens with zero attached hydrogens (tertiary/aromatic N) is 4. The van der Waals surface area contributed by atoms with E-state index in [0.29, 0.717) is 5.75 Å². The van der Waals surface area contributed by atoms with E-state index in [0.717, 1.165) is 39.3 Å². The lowest BCUT2D eigenvalue weighted by Gasteiger charge is -2.22. The molecule has 1 aromatic heterocycles. The highest BCUT2D eigenvalue weighted by molar-refractivity contribution is 5.50. The lowest BCUT2D eigenvalue weighted by Crippen LogP contribution is -2.23. The Labute approximate surface area is 173 Å². The number of phenolic OH excluding ortho intramolecular Hbond substituents is 1. The van der Waals surface area contributed by atoms with Gasteiger partial charge in [-0.15, -0.1) is 5.10 Å². The minimum absolute atomic E-state index is 0.208. The van der Waals surface area contributed by atoms with E-state index in [9.17, 15) is 5.11 Å². The summed E-state index contributed by atoms with van der Waals surface area (Å²) in [6.45, 7) is 12.5. The van der Waals surface area contributed by atoms with E-state index in [-0.39, 0.29) is 17.9 Å². The number of aromatic nitrogens is 4. The Bertz CT molecular complexity index is 957. The molecule has 3 aromatic rings. The fraction of sp³-hybridized carbons (Fsp3) is 0.435. The number of aromatic hydroxyl groups is 1. The summed E-state index contributed by atoms with van der Waals surface area (Å²) in [7, 11) is 1.91. The molecule has 2 N–H and O–H groups in total. The van der Waals surface area contributed by atoms with E-state index in [4.69, 9.17) is 0 Å². The van der Waals surface area contributed by atoms with Crippen LogP contribution in [0.3, 0.4) is 0 Å². The molecule has 0 aliphatic rings. The van der Waals surface area contributed by atoms with Crippen LogP contribution in [0.25, 0.3) is 5.69 Å². The Morgan fingerprint density at radius 3 is 2.00 bits per heavy atom. The molecule has 1 heterocycles. The SMILES string of the molecule is CN[C@@H](c1cc(C(C)C)c(O)c(C(C)C)c1)c1nnnn1-c1c(C)cccc1C. The van der Waals surface area contributed by atoms with Crippen LogP contribution in [0.4, 0.5) is 0 Å². The van der Waals surface area contributed by atoms with Crippen LogP contribution in [-0.2, 0) is 0 Å². The Hall–Kier alpha value is -2.73. The third kappa shape index (κ3) is 3.90. The molecule has 6 heteroatoms. The summed E-state index contributed by atoms with van der Waals surface area (Å²) in [5.74, 6) is 1.53. The largest absolute Gasteiger partial charge is 0.507 e. The van der Waals surface area contributed by atoms with Crippen molar-refractivity contribution in [1.29, 1.82) is 0 Å². The molecule has 154 valence electrons. The molecule has 0 amide bonds. The van der Waals surface area contributed by atoms with Gasteiger partial charge in [0.2, 0.25) is 0 Å². The molecular formula is C23H31N5O. The van der Waals surface area contributed by atoms with Gasteiger partial charge < -0.3 is 10.4 Å². The molecule has 0 radical (unpaired) electrons. The lowest BCUT2D eigenvalue weighted by molar-refractivity contribution is 0.453. The van der Waals surface area contributed by atoms with Crippen molar-refractivity contribution in [3.05, 3.63) is 64.0 Å². The zero-order chi connectivity index (χ0) is 21.3. The summed E-state index contributed by atoms with van der Waals surface area (Å²) >= 11 is 0. The molecule has 2 aromatic carbocycles. The van der Waals surface area contributed by atoms with Crippen LogP contribution in [0, 0.1) is 13.8 Å². The minimum Gasteiger partial charge on any atom is -0.507 e. The van der Waals surface area contributed by atoms with Gasteiger partial charge in [0.1, 0.15) is 5.75 Å². The summed E-state index contributed by atoms with van der Waals surface area (Å²) in [6.07, 6.45) is 0. The number of tetrazole rings is 1. The summed E-state index contributed by atoms with van der Waals surface area (Å²) in [4.78, 5) is 0. The standard InChI is InChI=1S/C23H31N5O/c1-13(2)18-11-17(12-19(14(3)4)22(18)29)20(24-7)23-25-26-27-28(23)21-15(5)9-8-10-16(21)6/h8-14,20,24,29H,1-7H3/t20-/m0/s1. The first-order valence-electron chi connectivity index (χ1n) is 10.1. The van der Waals surface area contributed by atoms with Gasteiger partial charge in [0.25, 0.3) is 0 Å². The minimum atomic E-state index is -0.209. The second-order valence-corrected chi connectivity index (χ2v) is 8.27. The molecule has 3 rings (SSSR count). The number of aryl methyl sites for hydroxylation is 2. The van der Waals surface area contributed by atoms with Crippen molar-refractivity contribution >= 4 is 0 Å². The van der Waals surface area contributed by atoms with Crippen LogP contribution in [0.2, 0.25) is 0 Å². The molecule has 0 fully saturated rings. The van der Waals surface area contributed by atoms with Crippen molar-refractivity contribution in [1.82, 2.24) is 25.5 Å². The summed E-state index contributed by atoms with van der Waals surface area (Å²) in [5, 5.41) is 26.8. The highest BCUT2D eigenvalue weighted by atomic mass is 16.3. The first-order valence-corrected chi connectivity index (χ1v) is 10.1. The van der Waals surface area contributed by atoms with Gasteiger partial charge in [0.15, 0.2) is 5.82 Å². The summed E-state index contributed by atoms with van der Waals surface area (Å²) in [5.41, 5.74) is 6.16. The van der Waals surface area contributed by atoms with Gasteiger partial charge in [-0.05, 0) is 83.1 Å². The first kappa shape index (κ1) is 21.0. The normalized spacial score (nSPS) is 12.7. The van der Waals surface area contributed by atoms with E-state index in [1.165, 1.54) is 0 Å². The Morgan fingerprint density at radius 2 is 1.52 bits per heavy atom. The van der Waals surface area contributed by atoms with Crippen LogP contribution >= 0.6 is 0 Å². The molecule has 0 saturated heterocycles. The number of para-hydroxylation sites is 1. The van der Waals surface area contributed by atoms with E-state index >= 15 is 0 Å². The van der Waals surface area contributed by atoms with Gasteiger partial charge in [-0.25, -0.2) is 0 Å². The van der Waals surface area contributed by atoms with Crippen LogP contribution in [0.1, 0.15) is 79.2 Å². The van der Waals surface area contributed by atoms with E-state index < -0.39 is 0 Å². The molecule has 0 saturated carbocycles. The Balaban J connectivity index is 2.19. The number of rotatable bonds is 6. The van der Waals surface area contributed by atoms with Gasteiger partial charge in [-0.2, -0.15) is 4.68 Å². The highest BCUT2D eigenvalue weighted by Gasteiger charge is 2.25. The van der Waals surface area contributed by atoms with E-state index in [2.05, 4.69) is 86.7 Å². The van der Waals surface area contributed by atoms with E-state index in [1.54, 1.807) is 0 Å². The molecular weight excluding hydrogens is 362 g/mol. The zero-order valence-corrected chi connectivity index (χ0v) is 18.4. The molecule has 0 spiro atoms. The topological polar surface area (TPSA) is 75.9 Å². The van der Waals surface area contributed by atoms with Crippen LogP contribution in [0.5, 0.6) is 5.75 Å². The van der Waals surface area contributed by atoms with Gasteiger partial charge >= 0.3 is 0 Å².